The van der Waals surface area contributed by atoms with E-state index in [1.54, 1.807) is 0 Å². The zero-order valence-electron chi connectivity index (χ0n) is 14.3. The highest BCUT2D eigenvalue weighted by molar-refractivity contribution is 6.34. The van der Waals surface area contributed by atoms with Gasteiger partial charge in [0.15, 0.2) is 5.76 Å². The number of nitrogens with zero attached hydrogens (tertiary/aromatic N) is 2. The Balaban J connectivity index is 2.09. The van der Waals surface area contributed by atoms with Gasteiger partial charge in [-0.2, -0.15) is 0 Å². The molecule has 0 radical (unpaired) electrons. The Morgan fingerprint density at radius 3 is 2.38 bits per heavy atom. The van der Waals surface area contributed by atoms with Gasteiger partial charge in [-0.25, -0.2) is 4.98 Å². The summed E-state index contributed by atoms with van der Waals surface area (Å²) < 4.78 is 5.63. The minimum absolute atomic E-state index is 0.259. The zero-order chi connectivity index (χ0) is 18.3. The van der Waals surface area contributed by atoms with Gasteiger partial charge in [-0.05, 0) is 29.7 Å². The molecule has 3 nitrogen and oxygen atoms in total. The summed E-state index contributed by atoms with van der Waals surface area (Å²) in [5.41, 5.74) is 4.34. The summed E-state index contributed by atoms with van der Waals surface area (Å²) in [6.07, 6.45) is 0. The largest absolute Gasteiger partial charge is 0.356 e. The molecule has 130 valence electrons. The highest BCUT2D eigenvalue weighted by Crippen LogP contribution is 2.42. The van der Waals surface area contributed by atoms with Crippen molar-refractivity contribution in [2.75, 3.05) is 0 Å². The molecule has 0 unspecified atom stereocenters. The number of benzene rings is 2. The van der Waals surface area contributed by atoms with Gasteiger partial charge in [-0.3, -0.25) is 0 Å². The number of fused-ring (bicyclic) bond motifs is 1. The van der Waals surface area contributed by atoms with Crippen molar-refractivity contribution in [3.63, 3.8) is 0 Å². The zero-order valence-corrected chi connectivity index (χ0v) is 15.8. The van der Waals surface area contributed by atoms with E-state index in [4.69, 9.17) is 27.7 Å². The van der Waals surface area contributed by atoms with E-state index in [0.29, 0.717) is 15.9 Å². The molecule has 0 aliphatic rings. The number of halogens is 2. The molecule has 0 amide bonds. The fourth-order valence-corrected chi connectivity index (χ4v) is 3.46. The van der Waals surface area contributed by atoms with Crippen LogP contribution in [0.4, 0.5) is 0 Å². The van der Waals surface area contributed by atoms with Crippen LogP contribution < -0.4 is 0 Å². The van der Waals surface area contributed by atoms with Crippen molar-refractivity contribution in [3.8, 4) is 22.5 Å². The lowest BCUT2D eigenvalue weighted by atomic mass is 9.95. The third kappa shape index (κ3) is 2.98. The molecule has 0 saturated carbocycles. The molecule has 0 aliphatic heterocycles. The van der Waals surface area contributed by atoms with Crippen LogP contribution in [0.15, 0.2) is 59.1 Å². The summed E-state index contributed by atoms with van der Waals surface area (Å²) >= 11 is 12.9. The first kappa shape index (κ1) is 17.1. The first-order valence-corrected chi connectivity index (χ1v) is 9.11. The summed E-state index contributed by atoms with van der Waals surface area (Å²) in [6, 6.07) is 17.6. The number of hydrogen-bond donors (Lipinski definition) is 0. The van der Waals surface area contributed by atoms with Gasteiger partial charge in [-0.1, -0.05) is 72.5 Å². The molecule has 0 spiro atoms. The lowest BCUT2D eigenvalue weighted by Gasteiger charge is -2.13. The van der Waals surface area contributed by atoms with Crippen LogP contribution in [-0.4, -0.2) is 10.1 Å². The first-order chi connectivity index (χ1) is 12.5. The molecule has 0 bridgehead atoms. The quantitative estimate of drug-likeness (QED) is 0.358. The molecule has 2 heterocycles. The maximum atomic E-state index is 6.59. The molecule has 4 aromatic rings. The summed E-state index contributed by atoms with van der Waals surface area (Å²) in [6.45, 7) is 4.14. The van der Waals surface area contributed by atoms with Crippen molar-refractivity contribution in [3.05, 3.63) is 70.5 Å². The van der Waals surface area contributed by atoms with Crippen molar-refractivity contribution in [2.45, 2.75) is 19.8 Å². The van der Waals surface area contributed by atoms with Gasteiger partial charge in [0.25, 0.3) is 0 Å². The third-order valence-corrected chi connectivity index (χ3v) is 4.84. The second kappa shape index (κ2) is 6.75. The highest BCUT2D eigenvalue weighted by Gasteiger charge is 2.21. The maximum absolute atomic E-state index is 6.59. The molecule has 2 aromatic carbocycles. The van der Waals surface area contributed by atoms with Crippen LogP contribution in [0.5, 0.6) is 0 Å². The van der Waals surface area contributed by atoms with E-state index >= 15 is 0 Å². The normalized spacial score (nSPS) is 11.4. The van der Waals surface area contributed by atoms with Crippen molar-refractivity contribution in [1.82, 2.24) is 10.1 Å². The van der Waals surface area contributed by atoms with Gasteiger partial charge < -0.3 is 4.52 Å². The average Bonchev–Trinajstić information content (AvgIpc) is 3.12. The predicted octanol–water partition coefficient (Wildman–Crippen LogP) is 6.99. The first-order valence-electron chi connectivity index (χ1n) is 8.35. The van der Waals surface area contributed by atoms with Gasteiger partial charge in [0.2, 0.25) is 0 Å². The van der Waals surface area contributed by atoms with Gasteiger partial charge >= 0.3 is 0 Å². The molecule has 5 heteroatoms. The molecule has 0 saturated heterocycles. The minimum atomic E-state index is 0.259. The number of pyridine rings is 1. The van der Waals surface area contributed by atoms with E-state index in [2.05, 4.69) is 24.0 Å². The average molecular weight is 383 g/mol. The summed E-state index contributed by atoms with van der Waals surface area (Å²) in [4.78, 5) is 4.55. The van der Waals surface area contributed by atoms with Crippen LogP contribution in [0.1, 0.15) is 25.5 Å². The van der Waals surface area contributed by atoms with Crippen molar-refractivity contribution < 1.29 is 4.52 Å². The molecule has 2 aromatic heterocycles. The molecule has 4 rings (SSSR count). The van der Waals surface area contributed by atoms with Gasteiger partial charge in [0, 0.05) is 22.0 Å². The monoisotopic (exact) mass is 382 g/mol. The van der Waals surface area contributed by atoms with E-state index < -0.39 is 0 Å². The second-order valence-corrected chi connectivity index (χ2v) is 7.25. The number of hydrogen-bond acceptors (Lipinski definition) is 3. The van der Waals surface area contributed by atoms with Crippen molar-refractivity contribution >= 4 is 34.1 Å². The lowest BCUT2D eigenvalue weighted by molar-refractivity contribution is 0.420. The highest BCUT2D eigenvalue weighted by atomic mass is 35.5. The Morgan fingerprint density at radius 2 is 1.69 bits per heavy atom. The third-order valence-electron chi connectivity index (χ3n) is 4.33. The van der Waals surface area contributed by atoms with E-state index in [1.165, 1.54) is 0 Å². The Morgan fingerprint density at radius 1 is 0.923 bits per heavy atom. The van der Waals surface area contributed by atoms with Crippen LogP contribution >= 0.6 is 23.2 Å². The van der Waals surface area contributed by atoms with E-state index in [0.717, 1.165) is 33.3 Å². The second-order valence-electron chi connectivity index (χ2n) is 6.45. The predicted molar refractivity (Wildman–Crippen MR) is 107 cm³/mol. The van der Waals surface area contributed by atoms with Crippen molar-refractivity contribution in [2.24, 2.45) is 0 Å². The maximum Gasteiger partial charge on any atom is 0.170 e. The summed E-state index contributed by atoms with van der Waals surface area (Å²) in [5, 5.41) is 6.12. The Hall–Kier alpha value is -2.36. The summed E-state index contributed by atoms with van der Waals surface area (Å²) in [7, 11) is 0. The van der Waals surface area contributed by atoms with E-state index in [9.17, 15) is 0 Å². The molecular formula is C21H16Cl2N2O. The van der Waals surface area contributed by atoms with E-state index in [-0.39, 0.29) is 5.92 Å². The standard InChI is InChI=1S/C21H16Cl2N2O/c1-12(2)17-11-18(26-25-17)20-19(13-6-4-3-5-7-13)15-10-14(22)8-9-16(15)24-21(20)23/h3-12H,1-2H3. The Bertz CT molecular complexity index is 1090. The van der Waals surface area contributed by atoms with Gasteiger partial charge in [-0.15, -0.1) is 0 Å². The number of rotatable bonds is 3. The van der Waals surface area contributed by atoms with Gasteiger partial charge in [0.1, 0.15) is 5.15 Å². The molecule has 0 fully saturated rings. The lowest BCUT2D eigenvalue weighted by Crippen LogP contribution is -1.92. The number of aromatic nitrogens is 2. The SMILES string of the molecule is CC(C)c1cc(-c2c(Cl)nc3ccc(Cl)cc3c2-c2ccccc2)on1. The topological polar surface area (TPSA) is 38.9 Å². The van der Waals surface area contributed by atoms with Crippen LogP contribution in [0.2, 0.25) is 10.2 Å². The summed E-state index contributed by atoms with van der Waals surface area (Å²) in [5.74, 6) is 0.862. The van der Waals surface area contributed by atoms with Crippen LogP contribution in [-0.2, 0) is 0 Å². The van der Waals surface area contributed by atoms with Crippen LogP contribution in [0.25, 0.3) is 33.4 Å². The van der Waals surface area contributed by atoms with Crippen LogP contribution in [0.3, 0.4) is 0 Å². The fourth-order valence-electron chi connectivity index (χ4n) is 3.01. The van der Waals surface area contributed by atoms with E-state index in [1.807, 2.05) is 54.6 Å². The van der Waals surface area contributed by atoms with Crippen molar-refractivity contribution in [1.29, 1.82) is 0 Å². The fraction of sp³-hybridized carbons (Fsp3) is 0.143. The Labute approximate surface area is 161 Å². The molecule has 0 atom stereocenters. The van der Waals surface area contributed by atoms with Gasteiger partial charge in [0.05, 0.1) is 16.8 Å². The molecular weight excluding hydrogens is 367 g/mol. The molecule has 0 N–H and O–H groups in total. The van der Waals surface area contributed by atoms with Crippen LogP contribution in [0, 0.1) is 0 Å². The smallest absolute Gasteiger partial charge is 0.170 e. The Kier molecular flexibility index (Phi) is 4.43. The molecule has 26 heavy (non-hydrogen) atoms. The minimum Gasteiger partial charge on any atom is -0.356 e. The molecule has 0 aliphatic carbocycles.